The zero-order valence-electron chi connectivity index (χ0n) is 24.9. The molecule has 2 amide bonds. The van der Waals surface area contributed by atoms with Crippen molar-refractivity contribution in [1.82, 2.24) is 14.8 Å². The van der Waals surface area contributed by atoms with E-state index in [-0.39, 0.29) is 30.3 Å². The highest BCUT2D eigenvalue weighted by molar-refractivity contribution is 6.05. The molecule has 2 aromatic rings. The fourth-order valence-electron chi connectivity index (χ4n) is 6.05. The molecule has 1 atom stereocenters. The molecule has 1 aliphatic carbocycles. The van der Waals surface area contributed by atoms with Gasteiger partial charge in [0.05, 0.1) is 46.3 Å². The minimum Gasteiger partial charge on any atom is -0.497 e. The Balaban J connectivity index is 1.41. The first kappa shape index (κ1) is 29.8. The number of morpholine rings is 1. The zero-order chi connectivity index (χ0) is 29.5. The summed E-state index contributed by atoms with van der Waals surface area (Å²) in [5.41, 5.74) is 2.49. The maximum atomic E-state index is 14.1. The fraction of sp³-hybridized carbons (Fsp3) is 0.531. The molecule has 0 spiro atoms. The number of carbonyl (C=O) groups is 2. The lowest BCUT2D eigenvalue weighted by atomic mass is 9.97. The third-order valence-electron chi connectivity index (χ3n) is 8.52. The number of benzene rings is 2. The predicted octanol–water partition coefficient (Wildman–Crippen LogP) is 3.74. The van der Waals surface area contributed by atoms with E-state index in [4.69, 9.17) is 24.0 Å². The second kappa shape index (κ2) is 14.0. The molecule has 10 heteroatoms. The van der Waals surface area contributed by atoms with Gasteiger partial charge in [0.15, 0.2) is 0 Å². The molecule has 5 rings (SSSR count). The van der Waals surface area contributed by atoms with Gasteiger partial charge in [-0.2, -0.15) is 5.10 Å². The van der Waals surface area contributed by atoms with Gasteiger partial charge in [-0.05, 0) is 42.7 Å². The molecule has 0 radical (unpaired) electrons. The Hall–Kier alpha value is -3.63. The molecule has 3 aliphatic rings. The molecule has 0 N–H and O–H groups in total. The summed E-state index contributed by atoms with van der Waals surface area (Å²) in [7, 11) is 4.85. The van der Waals surface area contributed by atoms with Crippen LogP contribution in [0.3, 0.4) is 0 Å². The Morgan fingerprint density at radius 1 is 0.952 bits per heavy atom. The lowest BCUT2D eigenvalue weighted by Gasteiger charge is -2.32. The van der Waals surface area contributed by atoms with Crippen LogP contribution in [0.4, 0.5) is 0 Å². The minimum atomic E-state index is -0.326. The molecule has 10 nitrogen and oxygen atoms in total. The monoisotopic (exact) mass is 578 g/mol. The number of hydrazone groups is 1. The van der Waals surface area contributed by atoms with E-state index in [0.29, 0.717) is 44.2 Å². The van der Waals surface area contributed by atoms with Crippen LogP contribution in [-0.2, 0) is 14.3 Å². The van der Waals surface area contributed by atoms with Crippen LogP contribution >= 0.6 is 0 Å². The second-order valence-corrected chi connectivity index (χ2v) is 11.0. The average Bonchev–Trinajstić information content (AvgIpc) is 3.74. The van der Waals surface area contributed by atoms with Gasteiger partial charge in [-0.25, -0.2) is 5.01 Å². The first-order valence-corrected chi connectivity index (χ1v) is 14.9. The van der Waals surface area contributed by atoms with Crippen molar-refractivity contribution in [2.45, 2.75) is 38.1 Å². The number of hydrogen-bond donors (Lipinski definition) is 0. The van der Waals surface area contributed by atoms with Crippen LogP contribution in [0.1, 0.15) is 49.3 Å². The molecule has 226 valence electrons. The Morgan fingerprint density at radius 2 is 1.64 bits per heavy atom. The van der Waals surface area contributed by atoms with Gasteiger partial charge in [-0.1, -0.05) is 25.0 Å². The van der Waals surface area contributed by atoms with Crippen LogP contribution in [0.25, 0.3) is 0 Å². The first-order valence-electron chi connectivity index (χ1n) is 14.9. The topological polar surface area (TPSA) is 93.1 Å². The SMILES string of the molecule is COc1ccc([C@H]2CC(c3ccc(OC)cc3OC)=NN2C(=O)CN(CCN2CCOCC2)C(=O)C2CCCC2)cc1. The van der Waals surface area contributed by atoms with E-state index in [9.17, 15) is 9.59 Å². The van der Waals surface area contributed by atoms with E-state index in [2.05, 4.69) is 4.90 Å². The van der Waals surface area contributed by atoms with E-state index < -0.39 is 0 Å². The number of hydrogen-bond acceptors (Lipinski definition) is 8. The van der Waals surface area contributed by atoms with Crippen LogP contribution in [0.2, 0.25) is 0 Å². The molecular weight excluding hydrogens is 536 g/mol. The molecule has 0 unspecified atom stereocenters. The Morgan fingerprint density at radius 3 is 2.31 bits per heavy atom. The van der Waals surface area contributed by atoms with Gasteiger partial charge in [-0.15, -0.1) is 0 Å². The summed E-state index contributed by atoms with van der Waals surface area (Å²) in [4.78, 5) is 31.8. The van der Waals surface area contributed by atoms with Crippen molar-refractivity contribution in [3.05, 3.63) is 53.6 Å². The normalized spacial score (nSPS) is 19.5. The molecule has 2 fully saturated rings. The van der Waals surface area contributed by atoms with E-state index in [1.807, 2.05) is 42.5 Å². The van der Waals surface area contributed by atoms with E-state index in [1.165, 1.54) is 0 Å². The Bertz CT molecular complexity index is 1250. The number of ether oxygens (including phenoxy) is 4. The van der Waals surface area contributed by atoms with Crippen LogP contribution in [0.5, 0.6) is 17.2 Å². The zero-order valence-corrected chi connectivity index (χ0v) is 24.9. The van der Waals surface area contributed by atoms with E-state index in [0.717, 1.165) is 61.4 Å². The van der Waals surface area contributed by atoms with E-state index in [1.54, 1.807) is 31.2 Å². The van der Waals surface area contributed by atoms with Crippen molar-refractivity contribution in [2.24, 2.45) is 11.0 Å². The van der Waals surface area contributed by atoms with Gasteiger partial charge in [0.1, 0.15) is 23.8 Å². The highest BCUT2D eigenvalue weighted by Crippen LogP contribution is 2.37. The molecule has 0 bridgehead atoms. The van der Waals surface area contributed by atoms with Crippen molar-refractivity contribution in [3.63, 3.8) is 0 Å². The smallest absolute Gasteiger partial charge is 0.262 e. The minimum absolute atomic E-state index is 0.0111. The maximum absolute atomic E-state index is 14.1. The molecule has 2 aliphatic heterocycles. The Labute approximate surface area is 248 Å². The number of amides is 2. The molecule has 2 aromatic carbocycles. The second-order valence-electron chi connectivity index (χ2n) is 11.0. The lowest BCUT2D eigenvalue weighted by molar-refractivity contribution is -0.144. The standard InChI is InChI=1S/C32H42N4O6/c1-39-25-10-8-23(9-11-25)29-21-28(27-13-12-26(40-2)20-30(27)41-3)33-36(29)31(37)22-35(32(38)24-6-4-5-7-24)15-14-34-16-18-42-19-17-34/h8-13,20,24,29H,4-7,14-19,21-22H2,1-3H3/t29-/m1/s1. The summed E-state index contributed by atoms with van der Waals surface area (Å²) in [5.74, 6) is 1.90. The number of methoxy groups -OCH3 is 3. The number of nitrogens with zero attached hydrogens (tertiary/aromatic N) is 4. The maximum Gasteiger partial charge on any atom is 0.262 e. The van der Waals surface area contributed by atoms with Gasteiger partial charge >= 0.3 is 0 Å². The van der Waals surface area contributed by atoms with Gasteiger partial charge in [0, 0.05) is 50.1 Å². The summed E-state index contributed by atoms with van der Waals surface area (Å²) in [6.07, 6.45) is 4.40. The summed E-state index contributed by atoms with van der Waals surface area (Å²) in [6, 6.07) is 13.0. The molecular formula is C32H42N4O6. The summed E-state index contributed by atoms with van der Waals surface area (Å²) in [6.45, 7) is 4.27. The van der Waals surface area contributed by atoms with Gasteiger partial charge < -0.3 is 23.8 Å². The van der Waals surface area contributed by atoms with Gasteiger partial charge in [0.25, 0.3) is 5.91 Å². The summed E-state index contributed by atoms with van der Waals surface area (Å²) >= 11 is 0. The average molecular weight is 579 g/mol. The molecule has 2 heterocycles. The van der Waals surface area contributed by atoms with Gasteiger partial charge in [-0.3, -0.25) is 14.5 Å². The quantitative estimate of drug-likeness (QED) is 0.401. The summed E-state index contributed by atoms with van der Waals surface area (Å²) < 4.78 is 21.9. The van der Waals surface area contributed by atoms with Crippen LogP contribution in [0, 0.1) is 5.92 Å². The predicted molar refractivity (Wildman–Crippen MR) is 159 cm³/mol. The summed E-state index contributed by atoms with van der Waals surface area (Å²) in [5, 5.41) is 6.43. The van der Waals surface area contributed by atoms with Crippen LogP contribution in [0.15, 0.2) is 47.6 Å². The van der Waals surface area contributed by atoms with Crippen molar-refractivity contribution in [1.29, 1.82) is 0 Å². The van der Waals surface area contributed by atoms with Crippen molar-refractivity contribution >= 4 is 17.5 Å². The van der Waals surface area contributed by atoms with Gasteiger partial charge in [0.2, 0.25) is 5.91 Å². The number of rotatable bonds is 11. The van der Waals surface area contributed by atoms with Crippen molar-refractivity contribution in [3.8, 4) is 17.2 Å². The fourth-order valence-corrected chi connectivity index (χ4v) is 6.05. The molecule has 42 heavy (non-hydrogen) atoms. The van der Waals surface area contributed by atoms with Crippen molar-refractivity contribution in [2.75, 3.05) is 67.3 Å². The first-order chi connectivity index (χ1) is 20.5. The lowest BCUT2D eigenvalue weighted by Crippen LogP contribution is -2.47. The highest BCUT2D eigenvalue weighted by Gasteiger charge is 2.36. The molecule has 0 aromatic heterocycles. The molecule has 1 saturated carbocycles. The third kappa shape index (κ3) is 6.87. The highest BCUT2D eigenvalue weighted by atomic mass is 16.5. The third-order valence-corrected chi connectivity index (χ3v) is 8.52. The largest absolute Gasteiger partial charge is 0.497 e. The van der Waals surface area contributed by atoms with Crippen molar-refractivity contribution < 1.29 is 28.5 Å². The van der Waals surface area contributed by atoms with E-state index >= 15 is 0 Å². The molecule has 1 saturated heterocycles. The Kier molecular flexibility index (Phi) is 9.97. The van der Waals surface area contributed by atoms with Crippen LogP contribution < -0.4 is 14.2 Å². The number of carbonyl (C=O) groups excluding carboxylic acids is 2. The van der Waals surface area contributed by atoms with Crippen LogP contribution in [-0.4, -0.2) is 99.6 Å².